The molecule has 2 heterocycles. The summed E-state index contributed by atoms with van der Waals surface area (Å²) < 4.78 is 0. The molecular weight excluding hydrogens is 284 g/mol. The van der Waals surface area contributed by atoms with Crippen molar-refractivity contribution in [3.05, 3.63) is 40.3 Å². The summed E-state index contributed by atoms with van der Waals surface area (Å²) in [6.07, 6.45) is 0. The van der Waals surface area contributed by atoms with Crippen molar-refractivity contribution in [3.63, 3.8) is 0 Å². The minimum absolute atomic E-state index is 0.0163. The van der Waals surface area contributed by atoms with E-state index in [1.807, 2.05) is 6.07 Å². The molecule has 2 aliphatic rings. The Balaban J connectivity index is 2.11. The Kier molecular flexibility index (Phi) is 2.72. The van der Waals surface area contributed by atoms with Gasteiger partial charge in [-0.2, -0.15) is 0 Å². The van der Waals surface area contributed by atoms with Crippen LogP contribution in [0, 0.1) is 0 Å². The van der Waals surface area contributed by atoms with E-state index >= 15 is 0 Å². The molecule has 94 valence electrons. The van der Waals surface area contributed by atoms with Crippen molar-refractivity contribution < 1.29 is 14.4 Å². The van der Waals surface area contributed by atoms with Gasteiger partial charge in [0.25, 0.3) is 5.91 Å². The number of fused-ring (bicyclic) bond motifs is 1. The molecule has 3 rings (SSSR count). The van der Waals surface area contributed by atoms with Gasteiger partial charge in [-0.3, -0.25) is 20.2 Å². The molecule has 0 aromatic heterocycles. The third-order valence-electron chi connectivity index (χ3n) is 2.69. The second-order valence-corrected chi connectivity index (χ2v) is 5.33. The van der Waals surface area contributed by atoms with E-state index in [1.54, 1.807) is 18.2 Å². The molecule has 2 aliphatic heterocycles. The van der Waals surface area contributed by atoms with Gasteiger partial charge in [0.15, 0.2) is 0 Å². The lowest BCUT2D eigenvalue weighted by atomic mass is 10.1. The molecule has 0 saturated carbocycles. The summed E-state index contributed by atoms with van der Waals surface area (Å²) >= 11 is 6.16. The van der Waals surface area contributed by atoms with Crippen LogP contribution in [0.1, 0.15) is 10.4 Å². The Morgan fingerprint density at radius 2 is 1.79 bits per heavy atom. The molecule has 3 amide bonds. The molecule has 5 nitrogen and oxygen atoms in total. The van der Waals surface area contributed by atoms with Gasteiger partial charge in [-0.05, 0) is 12.1 Å². The maximum atomic E-state index is 12.2. The van der Waals surface area contributed by atoms with E-state index < -0.39 is 11.9 Å². The summed E-state index contributed by atoms with van der Waals surface area (Å²) in [6.45, 7) is 0. The van der Waals surface area contributed by atoms with Gasteiger partial charge in [0.2, 0.25) is 5.78 Å². The van der Waals surface area contributed by atoms with Crippen molar-refractivity contribution in [2.24, 2.45) is 0 Å². The zero-order valence-corrected chi connectivity index (χ0v) is 11.0. The number of hydrogen-bond donors (Lipinski definition) is 2. The number of carbonyl (C=O) groups excluding carboxylic acids is 3. The molecule has 0 radical (unpaired) electrons. The number of thiocarbonyl (C=S) groups is 1. The first-order valence-corrected chi connectivity index (χ1v) is 6.53. The zero-order chi connectivity index (χ0) is 13.6. The summed E-state index contributed by atoms with van der Waals surface area (Å²) in [7, 11) is 0. The number of thioether (sulfide) groups is 1. The number of Topliss-reactive ketones (excluding diaryl/α,β-unsaturated/α-hetero) is 1. The van der Waals surface area contributed by atoms with E-state index in [-0.39, 0.29) is 21.2 Å². The third-order valence-corrected chi connectivity index (χ3v) is 4.16. The molecule has 0 bridgehead atoms. The minimum Gasteiger partial charge on any atom is -0.298 e. The van der Waals surface area contributed by atoms with Gasteiger partial charge in [0.1, 0.15) is 4.99 Å². The Labute approximate surface area is 117 Å². The molecule has 1 saturated heterocycles. The Morgan fingerprint density at radius 3 is 2.47 bits per heavy atom. The summed E-state index contributed by atoms with van der Waals surface area (Å²) in [5.41, 5.74) is 0.600. The maximum absolute atomic E-state index is 12.2. The standard InChI is InChI=1S/C12H6N2O3S2/c15-8-5-3-1-2-4-6(5)19-9(8)7-10(16)13-12(17)14-11(7)18/h1-4H,(H2,13,14,16,17,18)/b9-7-. The van der Waals surface area contributed by atoms with Gasteiger partial charge in [0.05, 0.1) is 10.5 Å². The molecule has 0 aliphatic carbocycles. The zero-order valence-electron chi connectivity index (χ0n) is 9.35. The molecule has 1 aromatic rings. The minimum atomic E-state index is -0.674. The SMILES string of the molecule is O=C1NC(=O)/C(=C2/Sc3ccccc3C2=O)C(=S)N1. The highest BCUT2D eigenvalue weighted by Gasteiger charge is 2.35. The second kappa shape index (κ2) is 4.29. The van der Waals surface area contributed by atoms with Gasteiger partial charge >= 0.3 is 6.03 Å². The van der Waals surface area contributed by atoms with Crippen molar-refractivity contribution in [1.29, 1.82) is 0 Å². The molecule has 19 heavy (non-hydrogen) atoms. The highest BCUT2D eigenvalue weighted by Crippen LogP contribution is 2.41. The first-order valence-electron chi connectivity index (χ1n) is 5.30. The Morgan fingerprint density at radius 1 is 1.05 bits per heavy atom. The van der Waals surface area contributed by atoms with Crippen molar-refractivity contribution >= 4 is 46.7 Å². The van der Waals surface area contributed by atoms with Gasteiger partial charge in [-0.15, -0.1) is 0 Å². The molecule has 0 atom stereocenters. The normalized spacial score (nSPS) is 22.1. The number of carbonyl (C=O) groups is 3. The lowest BCUT2D eigenvalue weighted by Gasteiger charge is -2.17. The fraction of sp³-hybridized carbons (Fsp3) is 0. The molecule has 0 unspecified atom stereocenters. The fourth-order valence-electron chi connectivity index (χ4n) is 1.86. The second-order valence-electron chi connectivity index (χ2n) is 3.87. The van der Waals surface area contributed by atoms with Crippen LogP contribution in [0.5, 0.6) is 0 Å². The lowest BCUT2D eigenvalue weighted by molar-refractivity contribution is -0.116. The van der Waals surface area contributed by atoms with E-state index in [4.69, 9.17) is 12.2 Å². The van der Waals surface area contributed by atoms with Crippen LogP contribution in [0.15, 0.2) is 39.6 Å². The fourth-order valence-corrected chi connectivity index (χ4v) is 3.35. The van der Waals surface area contributed by atoms with E-state index in [0.29, 0.717) is 5.56 Å². The van der Waals surface area contributed by atoms with E-state index in [0.717, 1.165) is 4.90 Å². The van der Waals surface area contributed by atoms with Crippen LogP contribution in [-0.4, -0.2) is 22.7 Å². The van der Waals surface area contributed by atoms with Crippen molar-refractivity contribution in [2.75, 3.05) is 0 Å². The van der Waals surface area contributed by atoms with E-state index in [1.165, 1.54) is 11.8 Å². The number of amides is 3. The topological polar surface area (TPSA) is 75.3 Å². The number of imide groups is 1. The number of urea groups is 1. The summed E-state index contributed by atoms with van der Waals surface area (Å²) in [5, 5.41) is 4.41. The predicted octanol–water partition coefficient (Wildman–Crippen LogP) is 1.40. The number of hydrogen-bond acceptors (Lipinski definition) is 5. The van der Waals surface area contributed by atoms with Gasteiger partial charge < -0.3 is 0 Å². The lowest BCUT2D eigenvalue weighted by Crippen LogP contribution is -2.51. The summed E-state index contributed by atoms with van der Waals surface area (Å²) in [5.74, 6) is -0.887. The maximum Gasteiger partial charge on any atom is 0.326 e. The number of benzene rings is 1. The smallest absolute Gasteiger partial charge is 0.298 e. The number of nitrogens with one attached hydrogen (secondary N) is 2. The largest absolute Gasteiger partial charge is 0.326 e. The summed E-state index contributed by atoms with van der Waals surface area (Å²) in [6, 6.07) is 6.39. The van der Waals surface area contributed by atoms with E-state index in [2.05, 4.69) is 10.6 Å². The average molecular weight is 290 g/mol. The quantitative estimate of drug-likeness (QED) is 0.558. The molecule has 2 N–H and O–H groups in total. The number of ketones is 1. The average Bonchev–Trinajstić information content (AvgIpc) is 2.66. The van der Waals surface area contributed by atoms with Crippen LogP contribution in [0.4, 0.5) is 4.79 Å². The van der Waals surface area contributed by atoms with Crippen LogP contribution < -0.4 is 10.6 Å². The first-order chi connectivity index (χ1) is 9.08. The highest BCUT2D eigenvalue weighted by molar-refractivity contribution is 8.04. The Bertz CT molecular complexity index is 672. The van der Waals surface area contributed by atoms with Crippen molar-refractivity contribution in [3.8, 4) is 0 Å². The van der Waals surface area contributed by atoms with Crippen molar-refractivity contribution in [2.45, 2.75) is 4.90 Å². The third kappa shape index (κ3) is 1.87. The monoisotopic (exact) mass is 290 g/mol. The Hall–Kier alpha value is -1.99. The van der Waals surface area contributed by atoms with Crippen LogP contribution in [0.3, 0.4) is 0 Å². The molecule has 1 aromatic carbocycles. The number of rotatable bonds is 0. The highest BCUT2D eigenvalue weighted by atomic mass is 32.2. The van der Waals surface area contributed by atoms with Crippen molar-refractivity contribution in [1.82, 2.24) is 10.6 Å². The summed E-state index contributed by atoms with van der Waals surface area (Å²) in [4.78, 5) is 36.2. The van der Waals surface area contributed by atoms with Gasteiger partial charge in [-0.1, -0.05) is 36.1 Å². The predicted molar refractivity (Wildman–Crippen MR) is 72.9 cm³/mol. The van der Waals surface area contributed by atoms with Gasteiger partial charge in [-0.25, -0.2) is 4.79 Å². The van der Waals surface area contributed by atoms with Crippen LogP contribution in [0.2, 0.25) is 0 Å². The molecular formula is C12H6N2O3S2. The van der Waals surface area contributed by atoms with Crippen LogP contribution in [-0.2, 0) is 4.79 Å². The molecule has 1 fully saturated rings. The first kappa shape index (κ1) is 12.1. The van der Waals surface area contributed by atoms with E-state index in [9.17, 15) is 14.4 Å². The van der Waals surface area contributed by atoms with Crippen LogP contribution in [0.25, 0.3) is 0 Å². The number of allylic oxidation sites excluding steroid dienone is 1. The molecule has 7 heteroatoms. The van der Waals surface area contributed by atoms with Crippen LogP contribution >= 0.6 is 24.0 Å². The molecule has 0 spiro atoms. The van der Waals surface area contributed by atoms with Gasteiger partial charge in [0, 0.05) is 10.5 Å².